The molecule has 3 aromatic carbocycles. The second kappa shape index (κ2) is 5.74. The van der Waals surface area contributed by atoms with Crippen molar-refractivity contribution in [2.24, 2.45) is 0 Å². The Bertz CT molecular complexity index is 1130. The third-order valence-corrected chi connectivity index (χ3v) is 4.47. The summed E-state index contributed by atoms with van der Waals surface area (Å²) in [6.45, 7) is 3.62. The standard InChI is InChI=1S/C21H16FNO2/c1-12-11-15(22)8-10-18(12)23-21(24)19-13(2)16-9-7-14-5-3-4-6-17(14)20(16)25-19/h3-11H,1-2H3,(H,23,24). The lowest BCUT2D eigenvalue weighted by molar-refractivity contribution is 0.0998. The summed E-state index contributed by atoms with van der Waals surface area (Å²) in [5.74, 6) is -0.399. The summed E-state index contributed by atoms with van der Waals surface area (Å²) in [6, 6.07) is 16.1. The average molecular weight is 333 g/mol. The lowest BCUT2D eigenvalue weighted by atomic mass is 10.1. The smallest absolute Gasteiger partial charge is 0.291 e. The van der Waals surface area contributed by atoms with E-state index in [1.165, 1.54) is 12.1 Å². The number of anilines is 1. The molecule has 1 N–H and O–H groups in total. The lowest BCUT2D eigenvalue weighted by Gasteiger charge is -2.07. The minimum Gasteiger partial charge on any atom is -0.450 e. The van der Waals surface area contributed by atoms with Gasteiger partial charge in [-0.15, -0.1) is 0 Å². The first-order valence-corrected chi connectivity index (χ1v) is 8.03. The SMILES string of the molecule is Cc1cc(F)ccc1NC(=O)c1oc2c(ccc3ccccc32)c1C. The molecule has 0 fully saturated rings. The van der Waals surface area contributed by atoms with Crippen LogP contribution in [0, 0.1) is 19.7 Å². The molecule has 0 saturated heterocycles. The maximum atomic E-state index is 13.2. The van der Waals surface area contributed by atoms with Crippen LogP contribution in [0.5, 0.6) is 0 Å². The van der Waals surface area contributed by atoms with Crippen LogP contribution in [-0.2, 0) is 0 Å². The number of hydrogen-bond acceptors (Lipinski definition) is 2. The Morgan fingerprint density at radius 3 is 2.60 bits per heavy atom. The Hall–Kier alpha value is -3.14. The van der Waals surface area contributed by atoms with Gasteiger partial charge in [0.25, 0.3) is 5.91 Å². The van der Waals surface area contributed by atoms with Gasteiger partial charge in [0.05, 0.1) is 0 Å². The van der Waals surface area contributed by atoms with E-state index in [9.17, 15) is 9.18 Å². The number of amides is 1. The first-order chi connectivity index (χ1) is 12.0. The van der Waals surface area contributed by atoms with Crippen molar-refractivity contribution in [2.45, 2.75) is 13.8 Å². The Labute approximate surface area is 144 Å². The highest BCUT2D eigenvalue weighted by molar-refractivity contribution is 6.11. The highest BCUT2D eigenvalue weighted by Gasteiger charge is 2.19. The van der Waals surface area contributed by atoms with Crippen LogP contribution in [0.2, 0.25) is 0 Å². The first-order valence-electron chi connectivity index (χ1n) is 8.03. The van der Waals surface area contributed by atoms with Crippen molar-refractivity contribution in [2.75, 3.05) is 5.32 Å². The maximum Gasteiger partial charge on any atom is 0.291 e. The third kappa shape index (κ3) is 2.56. The summed E-state index contributed by atoms with van der Waals surface area (Å²) >= 11 is 0. The first kappa shape index (κ1) is 15.4. The Morgan fingerprint density at radius 1 is 1.00 bits per heavy atom. The fourth-order valence-corrected chi connectivity index (χ4v) is 3.11. The molecular formula is C21H16FNO2. The molecule has 0 saturated carbocycles. The maximum absolute atomic E-state index is 13.2. The molecule has 0 spiro atoms. The van der Waals surface area contributed by atoms with E-state index in [4.69, 9.17) is 4.42 Å². The molecule has 0 unspecified atom stereocenters. The number of hydrogen-bond donors (Lipinski definition) is 1. The van der Waals surface area contributed by atoms with Gasteiger partial charge in [0, 0.05) is 22.0 Å². The summed E-state index contributed by atoms with van der Waals surface area (Å²) in [6.07, 6.45) is 0. The molecule has 4 rings (SSSR count). The van der Waals surface area contributed by atoms with Gasteiger partial charge in [-0.05, 0) is 43.0 Å². The average Bonchev–Trinajstić information content (AvgIpc) is 2.95. The highest BCUT2D eigenvalue weighted by atomic mass is 19.1. The van der Waals surface area contributed by atoms with Crippen LogP contribution in [0.1, 0.15) is 21.7 Å². The normalized spacial score (nSPS) is 11.2. The van der Waals surface area contributed by atoms with Crippen molar-refractivity contribution in [1.82, 2.24) is 0 Å². The van der Waals surface area contributed by atoms with Gasteiger partial charge < -0.3 is 9.73 Å². The molecule has 0 bridgehead atoms. The monoisotopic (exact) mass is 333 g/mol. The number of fused-ring (bicyclic) bond motifs is 3. The van der Waals surface area contributed by atoms with Crippen molar-refractivity contribution in [3.8, 4) is 0 Å². The van der Waals surface area contributed by atoms with Crippen LogP contribution in [0.3, 0.4) is 0 Å². The number of nitrogens with one attached hydrogen (secondary N) is 1. The molecule has 0 aliphatic rings. The summed E-state index contributed by atoms with van der Waals surface area (Å²) in [5.41, 5.74) is 2.72. The lowest BCUT2D eigenvalue weighted by Crippen LogP contribution is -2.13. The van der Waals surface area contributed by atoms with Crippen molar-refractivity contribution >= 4 is 33.3 Å². The van der Waals surface area contributed by atoms with Crippen LogP contribution in [-0.4, -0.2) is 5.91 Å². The van der Waals surface area contributed by atoms with E-state index in [1.807, 2.05) is 43.3 Å². The molecule has 1 heterocycles. The zero-order valence-corrected chi connectivity index (χ0v) is 13.9. The van der Waals surface area contributed by atoms with E-state index >= 15 is 0 Å². The quantitative estimate of drug-likeness (QED) is 0.519. The second-order valence-electron chi connectivity index (χ2n) is 6.13. The number of carbonyl (C=O) groups excluding carboxylic acids is 1. The summed E-state index contributed by atoms with van der Waals surface area (Å²) in [5, 5.41) is 5.75. The van der Waals surface area contributed by atoms with Crippen molar-refractivity contribution in [1.29, 1.82) is 0 Å². The topological polar surface area (TPSA) is 42.2 Å². The van der Waals surface area contributed by atoms with Gasteiger partial charge in [0.1, 0.15) is 11.4 Å². The molecule has 4 aromatic rings. The molecule has 1 amide bonds. The predicted molar refractivity (Wildman–Crippen MR) is 97.5 cm³/mol. The molecule has 0 radical (unpaired) electrons. The van der Waals surface area contributed by atoms with Crippen LogP contribution in [0.25, 0.3) is 21.7 Å². The second-order valence-corrected chi connectivity index (χ2v) is 6.13. The molecule has 0 atom stereocenters. The van der Waals surface area contributed by atoms with Gasteiger partial charge in [0.2, 0.25) is 0 Å². The molecule has 25 heavy (non-hydrogen) atoms. The van der Waals surface area contributed by atoms with Gasteiger partial charge in [-0.25, -0.2) is 4.39 Å². The van der Waals surface area contributed by atoms with E-state index in [0.717, 1.165) is 21.7 Å². The highest BCUT2D eigenvalue weighted by Crippen LogP contribution is 2.32. The predicted octanol–water partition coefficient (Wildman–Crippen LogP) is 5.59. The van der Waals surface area contributed by atoms with Gasteiger partial charge in [0.15, 0.2) is 5.76 Å². The summed E-state index contributed by atoms with van der Waals surface area (Å²) in [7, 11) is 0. The zero-order valence-electron chi connectivity index (χ0n) is 13.9. The molecule has 3 nitrogen and oxygen atoms in total. The Kier molecular flexibility index (Phi) is 3.53. The molecular weight excluding hydrogens is 317 g/mol. The number of carbonyl (C=O) groups is 1. The van der Waals surface area contributed by atoms with E-state index in [1.54, 1.807) is 13.0 Å². The fourth-order valence-electron chi connectivity index (χ4n) is 3.11. The summed E-state index contributed by atoms with van der Waals surface area (Å²) < 4.78 is 19.2. The fraction of sp³-hybridized carbons (Fsp3) is 0.0952. The van der Waals surface area contributed by atoms with Crippen molar-refractivity contribution in [3.05, 3.63) is 77.3 Å². The van der Waals surface area contributed by atoms with Crippen molar-refractivity contribution < 1.29 is 13.6 Å². The molecule has 0 aliphatic heterocycles. The Balaban J connectivity index is 1.79. The van der Waals surface area contributed by atoms with E-state index in [0.29, 0.717) is 16.8 Å². The van der Waals surface area contributed by atoms with Crippen LogP contribution in [0.4, 0.5) is 10.1 Å². The number of aryl methyl sites for hydroxylation is 2. The van der Waals surface area contributed by atoms with E-state index < -0.39 is 0 Å². The molecule has 4 heteroatoms. The number of furan rings is 1. The van der Waals surface area contributed by atoms with Gasteiger partial charge in [-0.3, -0.25) is 4.79 Å². The Morgan fingerprint density at radius 2 is 1.80 bits per heavy atom. The number of benzene rings is 3. The van der Waals surface area contributed by atoms with Crippen molar-refractivity contribution in [3.63, 3.8) is 0 Å². The summed E-state index contributed by atoms with van der Waals surface area (Å²) in [4.78, 5) is 12.7. The van der Waals surface area contributed by atoms with Gasteiger partial charge in [-0.2, -0.15) is 0 Å². The van der Waals surface area contributed by atoms with Crippen LogP contribution in [0.15, 0.2) is 59.0 Å². The van der Waals surface area contributed by atoms with Gasteiger partial charge >= 0.3 is 0 Å². The molecule has 124 valence electrons. The zero-order chi connectivity index (χ0) is 17.6. The minimum atomic E-state index is -0.340. The van der Waals surface area contributed by atoms with Crippen LogP contribution < -0.4 is 5.32 Å². The van der Waals surface area contributed by atoms with E-state index in [2.05, 4.69) is 5.32 Å². The van der Waals surface area contributed by atoms with Crippen LogP contribution >= 0.6 is 0 Å². The number of halogens is 1. The van der Waals surface area contributed by atoms with Gasteiger partial charge in [-0.1, -0.05) is 36.4 Å². The third-order valence-electron chi connectivity index (χ3n) is 4.47. The minimum absolute atomic E-state index is 0.273. The largest absolute Gasteiger partial charge is 0.450 e. The van der Waals surface area contributed by atoms with E-state index in [-0.39, 0.29) is 17.5 Å². The number of rotatable bonds is 2. The molecule has 1 aromatic heterocycles. The molecule has 0 aliphatic carbocycles.